The van der Waals surface area contributed by atoms with E-state index < -0.39 is 0 Å². The molecule has 0 saturated heterocycles. The summed E-state index contributed by atoms with van der Waals surface area (Å²) < 4.78 is 0. The van der Waals surface area contributed by atoms with E-state index in [1.54, 1.807) is 0 Å². The zero-order chi connectivity index (χ0) is 9.94. The topological polar surface area (TPSA) is 12.0 Å². The summed E-state index contributed by atoms with van der Waals surface area (Å²) in [6.45, 7) is 5.50. The Bertz CT molecular complexity index is 135. The van der Waals surface area contributed by atoms with Gasteiger partial charge in [-0.05, 0) is 25.8 Å². The lowest BCUT2D eigenvalue weighted by molar-refractivity contribution is 0.456. The van der Waals surface area contributed by atoms with Gasteiger partial charge >= 0.3 is 0 Å². The van der Waals surface area contributed by atoms with Crippen LogP contribution in [-0.2, 0) is 0 Å². The molecule has 1 nitrogen and oxygen atoms in total. The molecule has 76 valence electrons. The number of nitrogens with one attached hydrogen (secondary N) is 1. The van der Waals surface area contributed by atoms with Gasteiger partial charge in [0.2, 0.25) is 0 Å². The Hall–Kier alpha value is -0.480. The molecule has 1 N–H and O–H groups in total. The van der Waals surface area contributed by atoms with Crippen LogP contribution in [-0.4, -0.2) is 12.6 Å². The maximum Gasteiger partial charge on any atom is 0.00860 e. The third-order valence-electron chi connectivity index (χ3n) is 2.36. The summed E-state index contributed by atoms with van der Waals surface area (Å²) in [7, 11) is 0. The van der Waals surface area contributed by atoms with Gasteiger partial charge in [0, 0.05) is 12.5 Å². The summed E-state index contributed by atoms with van der Waals surface area (Å²) in [5, 5.41) is 3.48. The highest BCUT2D eigenvalue weighted by Crippen LogP contribution is 2.07. The molecule has 0 spiro atoms. The summed E-state index contributed by atoms with van der Waals surface area (Å²) in [6, 6.07) is 0.718. The van der Waals surface area contributed by atoms with E-state index >= 15 is 0 Å². The minimum Gasteiger partial charge on any atom is -0.314 e. The molecule has 0 aliphatic rings. The first kappa shape index (κ1) is 12.5. The first-order valence-electron chi connectivity index (χ1n) is 5.52. The molecule has 0 aliphatic heterocycles. The largest absolute Gasteiger partial charge is 0.314 e. The van der Waals surface area contributed by atoms with Gasteiger partial charge in [-0.15, -0.1) is 12.3 Å². The van der Waals surface area contributed by atoms with Gasteiger partial charge < -0.3 is 5.32 Å². The van der Waals surface area contributed by atoms with Crippen molar-refractivity contribution in [1.29, 1.82) is 0 Å². The number of unbranched alkanes of at least 4 members (excludes halogenated alkanes) is 3. The average molecular weight is 181 g/mol. The Labute approximate surface area is 83.3 Å². The third-order valence-corrected chi connectivity index (χ3v) is 2.36. The van der Waals surface area contributed by atoms with E-state index in [2.05, 4.69) is 25.1 Å². The molecule has 0 aromatic carbocycles. The van der Waals surface area contributed by atoms with Crippen LogP contribution in [0.5, 0.6) is 0 Å². The molecule has 1 atom stereocenters. The molecule has 0 heterocycles. The van der Waals surface area contributed by atoms with Gasteiger partial charge in [0.05, 0.1) is 0 Å². The lowest BCUT2D eigenvalue weighted by atomic mass is 10.1. The van der Waals surface area contributed by atoms with E-state index in [1.807, 2.05) is 0 Å². The van der Waals surface area contributed by atoms with Gasteiger partial charge in [-0.1, -0.05) is 26.7 Å². The molecule has 13 heavy (non-hydrogen) atoms. The lowest BCUT2D eigenvalue weighted by Gasteiger charge is -2.14. The summed E-state index contributed by atoms with van der Waals surface area (Å²) in [6.07, 6.45) is 12.5. The zero-order valence-electron chi connectivity index (χ0n) is 9.10. The van der Waals surface area contributed by atoms with E-state index in [-0.39, 0.29) is 0 Å². The van der Waals surface area contributed by atoms with E-state index in [4.69, 9.17) is 6.42 Å². The fraction of sp³-hybridized carbons (Fsp3) is 0.833. The van der Waals surface area contributed by atoms with Crippen molar-refractivity contribution in [1.82, 2.24) is 5.32 Å². The van der Waals surface area contributed by atoms with Crippen molar-refractivity contribution in [2.24, 2.45) is 0 Å². The lowest BCUT2D eigenvalue weighted by Crippen LogP contribution is -2.27. The zero-order valence-corrected chi connectivity index (χ0v) is 9.10. The smallest absolute Gasteiger partial charge is 0.00860 e. The Balaban J connectivity index is 3.23. The quantitative estimate of drug-likeness (QED) is 0.448. The molecule has 0 bridgehead atoms. The van der Waals surface area contributed by atoms with Crippen LogP contribution in [0, 0.1) is 12.3 Å². The highest BCUT2D eigenvalue weighted by Gasteiger charge is 2.02. The van der Waals surface area contributed by atoms with Crippen molar-refractivity contribution in [2.75, 3.05) is 6.54 Å². The molecule has 0 rings (SSSR count). The molecule has 0 saturated carbocycles. The van der Waals surface area contributed by atoms with Crippen molar-refractivity contribution in [3.05, 3.63) is 0 Å². The normalized spacial score (nSPS) is 12.4. The van der Waals surface area contributed by atoms with Crippen molar-refractivity contribution in [3.8, 4) is 12.3 Å². The second kappa shape index (κ2) is 9.61. The van der Waals surface area contributed by atoms with Crippen LogP contribution >= 0.6 is 0 Å². The minimum atomic E-state index is 0.718. The molecule has 0 aliphatic carbocycles. The maximum absolute atomic E-state index is 5.18. The van der Waals surface area contributed by atoms with E-state index in [1.165, 1.54) is 32.1 Å². The highest BCUT2D eigenvalue weighted by atomic mass is 14.9. The predicted octanol–water partition coefficient (Wildman–Crippen LogP) is 2.96. The van der Waals surface area contributed by atoms with Crippen LogP contribution in [0.2, 0.25) is 0 Å². The second-order valence-corrected chi connectivity index (χ2v) is 3.47. The minimum absolute atomic E-state index is 0.718. The first-order chi connectivity index (χ1) is 6.35. The van der Waals surface area contributed by atoms with Gasteiger partial charge in [-0.3, -0.25) is 0 Å². The Morgan fingerprint density at radius 1 is 1.23 bits per heavy atom. The number of hydrogen-bond donors (Lipinski definition) is 1. The van der Waals surface area contributed by atoms with Gasteiger partial charge in [0.1, 0.15) is 0 Å². The van der Waals surface area contributed by atoms with Gasteiger partial charge in [-0.25, -0.2) is 0 Å². The second-order valence-electron chi connectivity index (χ2n) is 3.47. The van der Waals surface area contributed by atoms with Crippen molar-refractivity contribution < 1.29 is 0 Å². The SMILES string of the molecule is C#CCCCCCC(CC)NCC. The maximum atomic E-state index is 5.18. The number of hydrogen-bond acceptors (Lipinski definition) is 1. The van der Waals surface area contributed by atoms with Crippen LogP contribution in [0.15, 0.2) is 0 Å². The molecule has 0 aromatic rings. The van der Waals surface area contributed by atoms with Crippen molar-refractivity contribution in [3.63, 3.8) is 0 Å². The van der Waals surface area contributed by atoms with Crippen LogP contribution in [0.4, 0.5) is 0 Å². The van der Waals surface area contributed by atoms with Crippen LogP contribution in [0.1, 0.15) is 52.4 Å². The van der Waals surface area contributed by atoms with Crippen LogP contribution in [0.25, 0.3) is 0 Å². The predicted molar refractivity (Wildman–Crippen MR) is 59.7 cm³/mol. The Morgan fingerprint density at radius 2 is 2.00 bits per heavy atom. The van der Waals surface area contributed by atoms with Crippen LogP contribution < -0.4 is 5.32 Å². The number of rotatable bonds is 8. The summed E-state index contributed by atoms with van der Waals surface area (Å²) in [5.74, 6) is 2.68. The molecular formula is C12H23N. The summed E-state index contributed by atoms with van der Waals surface area (Å²) in [5.41, 5.74) is 0. The third kappa shape index (κ3) is 7.87. The monoisotopic (exact) mass is 181 g/mol. The van der Waals surface area contributed by atoms with Gasteiger partial charge in [0.25, 0.3) is 0 Å². The summed E-state index contributed by atoms with van der Waals surface area (Å²) >= 11 is 0. The van der Waals surface area contributed by atoms with Gasteiger partial charge in [0.15, 0.2) is 0 Å². The van der Waals surface area contributed by atoms with Gasteiger partial charge in [-0.2, -0.15) is 0 Å². The van der Waals surface area contributed by atoms with E-state index in [9.17, 15) is 0 Å². The molecule has 1 unspecified atom stereocenters. The molecule has 0 fully saturated rings. The summed E-state index contributed by atoms with van der Waals surface area (Å²) in [4.78, 5) is 0. The van der Waals surface area contributed by atoms with Crippen molar-refractivity contribution in [2.45, 2.75) is 58.4 Å². The van der Waals surface area contributed by atoms with Crippen molar-refractivity contribution >= 4 is 0 Å². The molecule has 1 heteroatoms. The highest BCUT2D eigenvalue weighted by molar-refractivity contribution is 4.82. The van der Waals surface area contributed by atoms with E-state index in [0.717, 1.165) is 19.0 Å². The molecule has 0 radical (unpaired) electrons. The molecule has 0 amide bonds. The van der Waals surface area contributed by atoms with Crippen LogP contribution in [0.3, 0.4) is 0 Å². The van der Waals surface area contributed by atoms with E-state index in [0.29, 0.717) is 0 Å². The number of terminal acetylenes is 1. The molecular weight excluding hydrogens is 158 g/mol. The molecule has 0 aromatic heterocycles. The first-order valence-corrected chi connectivity index (χ1v) is 5.52. The standard InChI is InChI=1S/C12H23N/c1-4-7-8-9-10-11-12(5-2)13-6-3/h1,12-13H,5-11H2,2-3H3. The Kier molecular flexibility index (Phi) is 9.25. The fourth-order valence-corrected chi connectivity index (χ4v) is 1.53. The average Bonchev–Trinajstić information content (AvgIpc) is 2.16. The fourth-order valence-electron chi connectivity index (χ4n) is 1.53. The Morgan fingerprint density at radius 3 is 2.54 bits per heavy atom.